The summed E-state index contributed by atoms with van der Waals surface area (Å²) in [6.45, 7) is 6.20. The van der Waals surface area contributed by atoms with Gasteiger partial charge in [-0.3, -0.25) is 9.88 Å². The number of carboxylic acids is 1. The van der Waals surface area contributed by atoms with Crippen LogP contribution in [-0.4, -0.2) is 47.0 Å². The number of aryl methyl sites for hydroxylation is 1. The summed E-state index contributed by atoms with van der Waals surface area (Å²) >= 11 is 0. The quantitative estimate of drug-likeness (QED) is 0.394. The van der Waals surface area contributed by atoms with Gasteiger partial charge in [0.15, 0.2) is 0 Å². The van der Waals surface area contributed by atoms with Crippen LogP contribution in [0, 0.1) is 17.2 Å². The van der Waals surface area contributed by atoms with Crippen LogP contribution in [0.4, 0.5) is 13.2 Å². The van der Waals surface area contributed by atoms with E-state index in [4.69, 9.17) is 0 Å². The fraction of sp³-hybridized carbons (Fsp3) is 0.500. The van der Waals surface area contributed by atoms with Crippen LogP contribution in [0.5, 0.6) is 0 Å². The van der Waals surface area contributed by atoms with E-state index in [1.807, 2.05) is 17.0 Å². The van der Waals surface area contributed by atoms with Crippen molar-refractivity contribution in [2.45, 2.75) is 71.6 Å². The number of likely N-dealkylation sites (tertiary alicyclic amines) is 1. The van der Waals surface area contributed by atoms with E-state index in [0.29, 0.717) is 42.2 Å². The first-order valence-electron chi connectivity index (χ1n) is 14.0. The number of aromatic nitrogens is 1. The summed E-state index contributed by atoms with van der Waals surface area (Å²) in [6.07, 6.45) is 8.00. The SMILES string of the molecule is CC1(C)CCC(C2=C(c3ncc(C=C4CN(CCC(F)F)C4)cc3F)c3ccc(C(=O)O)cc3CCC2)CC1. The maximum atomic E-state index is 15.9. The van der Waals surface area contributed by atoms with E-state index in [1.54, 1.807) is 18.3 Å². The van der Waals surface area contributed by atoms with E-state index in [-0.39, 0.29) is 12.0 Å². The third-order valence-electron chi connectivity index (χ3n) is 8.65. The predicted molar refractivity (Wildman–Crippen MR) is 147 cm³/mol. The number of fused-ring (bicyclic) bond motifs is 1. The summed E-state index contributed by atoms with van der Waals surface area (Å²) in [6, 6.07) is 6.70. The molecule has 0 bridgehead atoms. The highest BCUT2D eigenvalue weighted by molar-refractivity contribution is 5.90. The van der Waals surface area contributed by atoms with Crippen LogP contribution < -0.4 is 0 Å². The Hall–Kier alpha value is -2.93. The zero-order valence-electron chi connectivity index (χ0n) is 22.8. The summed E-state index contributed by atoms with van der Waals surface area (Å²) < 4.78 is 40.8. The van der Waals surface area contributed by atoms with Crippen molar-refractivity contribution in [3.05, 3.63) is 75.4 Å². The molecule has 3 aliphatic rings. The van der Waals surface area contributed by atoms with Crippen molar-refractivity contribution in [1.29, 1.82) is 0 Å². The fourth-order valence-electron chi connectivity index (χ4n) is 6.39. The van der Waals surface area contributed by atoms with Crippen molar-refractivity contribution in [3.63, 3.8) is 0 Å². The maximum Gasteiger partial charge on any atom is 0.335 e. The molecular weight excluding hydrogens is 501 g/mol. The zero-order chi connectivity index (χ0) is 27.7. The Labute approximate surface area is 228 Å². The molecule has 2 aromatic rings. The average molecular weight is 539 g/mol. The van der Waals surface area contributed by atoms with Gasteiger partial charge in [-0.1, -0.05) is 31.6 Å². The van der Waals surface area contributed by atoms with Gasteiger partial charge >= 0.3 is 5.97 Å². The van der Waals surface area contributed by atoms with Crippen LogP contribution >= 0.6 is 0 Å². The number of alkyl halides is 2. The van der Waals surface area contributed by atoms with Crippen molar-refractivity contribution in [3.8, 4) is 0 Å². The van der Waals surface area contributed by atoms with Crippen LogP contribution in [0.15, 0.2) is 41.6 Å². The molecule has 1 saturated carbocycles. The topological polar surface area (TPSA) is 53.4 Å². The lowest BCUT2D eigenvalue weighted by atomic mass is 9.69. The van der Waals surface area contributed by atoms with Crippen molar-refractivity contribution in [2.75, 3.05) is 19.6 Å². The highest BCUT2D eigenvalue weighted by Gasteiger charge is 2.33. The second kappa shape index (κ2) is 11.3. The first-order chi connectivity index (χ1) is 18.6. The zero-order valence-corrected chi connectivity index (χ0v) is 22.8. The van der Waals surface area contributed by atoms with Gasteiger partial charge in [-0.05, 0) is 96.7 Å². The van der Waals surface area contributed by atoms with Crippen LogP contribution in [0.25, 0.3) is 11.6 Å². The van der Waals surface area contributed by atoms with Gasteiger partial charge in [-0.25, -0.2) is 18.0 Å². The minimum atomic E-state index is -2.30. The summed E-state index contributed by atoms with van der Waals surface area (Å²) in [5.74, 6) is -1.000. The second-order valence-electron chi connectivity index (χ2n) is 12.2. The van der Waals surface area contributed by atoms with Gasteiger partial charge in [0.1, 0.15) is 11.5 Å². The van der Waals surface area contributed by atoms with Crippen molar-refractivity contribution in [1.82, 2.24) is 9.88 Å². The number of allylic oxidation sites excluding steroid dienone is 1. The number of carbonyl (C=O) groups is 1. The molecule has 4 nitrogen and oxygen atoms in total. The van der Waals surface area contributed by atoms with Gasteiger partial charge in [0.25, 0.3) is 0 Å². The third kappa shape index (κ3) is 6.29. The lowest BCUT2D eigenvalue weighted by molar-refractivity contribution is 0.0696. The Kier molecular flexibility index (Phi) is 7.99. The first-order valence-corrected chi connectivity index (χ1v) is 14.0. The number of benzene rings is 1. The molecule has 1 saturated heterocycles. The number of hydrogen-bond acceptors (Lipinski definition) is 3. The average Bonchev–Trinajstić information content (AvgIpc) is 3.04. The first kappa shape index (κ1) is 27.6. The van der Waals surface area contributed by atoms with Crippen LogP contribution in [0.3, 0.4) is 0 Å². The lowest BCUT2D eigenvalue weighted by Crippen LogP contribution is -2.40. The molecule has 2 fully saturated rings. The van der Waals surface area contributed by atoms with Gasteiger partial charge in [0.2, 0.25) is 6.43 Å². The smallest absolute Gasteiger partial charge is 0.335 e. The normalized spacial score (nSPS) is 20.0. The van der Waals surface area contributed by atoms with Crippen LogP contribution in [0.2, 0.25) is 0 Å². The van der Waals surface area contributed by atoms with E-state index in [1.165, 1.54) is 11.6 Å². The number of hydrogen-bond donors (Lipinski definition) is 1. The third-order valence-corrected chi connectivity index (χ3v) is 8.65. The van der Waals surface area contributed by atoms with Crippen molar-refractivity contribution in [2.24, 2.45) is 11.3 Å². The fourth-order valence-corrected chi connectivity index (χ4v) is 6.39. The van der Waals surface area contributed by atoms with E-state index in [9.17, 15) is 18.7 Å². The minimum Gasteiger partial charge on any atom is -0.478 e. The van der Waals surface area contributed by atoms with Gasteiger partial charge in [0.05, 0.1) is 5.56 Å². The van der Waals surface area contributed by atoms with Crippen LogP contribution in [0.1, 0.15) is 91.5 Å². The van der Waals surface area contributed by atoms with E-state index in [2.05, 4.69) is 18.8 Å². The minimum absolute atomic E-state index is 0.135. The monoisotopic (exact) mass is 538 g/mol. The molecular formula is C32H37F3N2O2. The standard InChI is InChI=1S/C32H37F3N2O2/c1-32(2)11-8-22(9-12-32)25-5-3-4-23-16-24(31(38)39)6-7-26(23)29(25)30-27(33)15-20(17-36-30)14-21-18-37(19-21)13-10-28(34)35/h6-7,14-17,22,28H,3-5,8-13,18-19H2,1-2H3,(H,38,39). The van der Waals surface area contributed by atoms with E-state index < -0.39 is 18.2 Å². The van der Waals surface area contributed by atoms with E-state index >= 15 is 4.39 Å². The lowest BCUT2D eigenvalue weighted by Gasteiger charge is -2.36. The number of carboxylic acid groups (broad SMARTS) is 1. The summed E-state index contributed by atoms with van der Waals surface area (Å²) in [7, 11) is 0. The van der Waals surface area contributed by atoms with Crippen molar-refractivity contribution < 1.29 is 23.1 Å². The molecule has 0 amide bonds. The molecule has 208 valence electrons. The largest absolute Gasteiger partial charge is 0.478 e. The van der Waals surface area contributed by atoms with Gasteiger partial charge < -0.3 is 5.11 Å². The Bertz CT molecular complexity index is 1300. The second-order valence-corrected chi connectivity index (χ2v) is 12.2. The molecule has 1 aliphatic heterocycles. The molecule has 1 aromatic carbocycles. The van der Waals surface area contributed by atoms with Gasteiger partial charge in [-0.15, -0.1) is 0 Å². The number of rotatable bonds is 7. The highest BCUT2D eigenvalue weighted by Crippen LogP contribution is 2.46. The van der Waals surface area contributed by atoms with E-state index in [0.717, 1.165) is 67.2 Å². The van der Waals surface area contributed by atoms with Gasteiger partial charge in [-0.2, -0.15) is 0 Å². The Morgan fingerprint density at radius 2 is 1.92 bits per heavy atom. The number of aromatic carboxylic acids is 1. The summed E-state index contributed by atoms with van der Waals surface area (Å²) in [4.78, 5) is 18.3. The number of nitrogens with zero attached hydrogens (tertiary/aromatic N) is 2. The molecule has 0 radical (unpaired) electrons. The molecule has 5 rings (SSSR count). The molecule has 2 aliphatic carbocycles. The molecule has 2 heterocycles. The predicted octanol–water partition coefficient (Wildman–Crippen LogP) is 7.63. The van der Waals surface area contributed by atoms with Crippen molar-refractivity contribution >= 4 is 17.6 Å². The molecule has 1 N–H and O–H groups in total. The molecule has 0 unspecified atom stereocenters. The Balaban J connectivity index is 1.49. The summed E-state index contributed by atoms with van der Waals surface area (Å²) in [5.41, 5.74) is 6.53. The maximum absolute atomic E-state index is 15.9. The summed E-state index contributed by atoms with van der Waals surface area (Å²) in [5, 5.41) is 9.56. The highest BCUT2D eigenvalue weighted by atomic mass is 19.3. The molecule has 39 heavy (non-hydrogen) atoms. The Morgan fingerprint density at radius 1 is 1.18 bits per heavy atom. The van der Waals surface area contributed by atoms with Crippen LogP contribution in [-0.2, 0) is 6.42 Å². The number of pyridine rings is 1. The molecule has 1 aromatic heterocycles. The number of halogens is 3. The molecule has 0 atom stereocenters. The van der Waals surface area contributed by atoms with Gasteiger partial charge in [0, 0.05) is 37.8 Å². The molecule has 7 heteroatoms. The Morgan fingerprint density at radius 3 is 2.59 bits per heavy atom. The molecule has 0 spiro atoms.